The molecule has 1 aliphatic heterocycles. The van der Waals surface area contributed by atoms with Crippen LogP contribution in [0.4, 0.5) is 0 Å². The van der Waals surface area contributed by atoms with Crippen molar-refractivity contribution in [2.24, 2.45) is 0 Å². The van der Waals surface area contributed by atoms with E-state index in [0.717, 1.165) is 0 Å². The first-order valence-electron chi connectivity index (χ1n) is 7.35. The van der Waals surface area contributed by atoms with Crippen molar-refractivity contribution in [1.82, 2.24) is 15.0 Å². The minimum Gasteiger partial charge on any atom is -0.479 e. The third-order valence-corrected chi connectivity index (χ3v) is 3.44. The van der Waals surface area contributed by atoms with Gasteiger partial charge >= 0.3 is 5.97 Å². The van der Waals surface area contributed by atoms with Crippen LogP contribution in [0.2, 0.25) is 0 Å². The molecule has 0 bridgehead atoms. The first kappa shape index (κ1) is 16.4. The predicted molar refractivity (Wildman–Crippen MR) is 75.3 cm³/mol. The molecule has 1 amide bonds. The maximum Gasteiger partial charge on any atom is 0.334 e. The number of morpholine rings is 1. The van der Waals surface area contributed by atoms with Crippen LogP contribution < -0.4 is 0 Å². The third-order valence-electron chi connectivity index (χ3n) is 3.44. The second kappa shape index (κ2) is 6.87. The van der Waals surface area contributed by atoms with E-state index in [1.165, 1.54) is 4.90 Å². The SMILES string of the molecule is CC(C)c1noc(CCC(=O)N2CC(C(=O)O)O[C@H](C)C2)n1. The number of hydrogen-bond acceptors (Lipinski definition) is 6. The molecular weight excluding hydrogens is 290 g/mol. The molecule has 1 aromatic heterocycles. The van der Waals surface area contributed by atoms with Gasteiger partial charge in [-0.1, -0.05) is 19.0 Å². The maximum atomic E-state index is 12.2. The molecule has 0 aliphatic carbocycles. The number of ether oxygens (including phenoxy) is 1. The van der Waals surface area contributed by atoms with E-state index in [2.05, 4.69) is 10.1 Å². The number of carbonyl (C=O) groups excluding carboxylic acids is 1. The van der Waals surface area contributed by atoms with E-state index in [9.17, 15) is 9.59 Å². The van der Waals surface area contributed by atoms with Crippen LogP contribution in [-0.2, 0) is 20.7 Å². The molecule has 1 aliphatic rings. The van der Waals surface area contributed by atoms with Gasteiger partial charge in [0.25, 0.3) is 0 Å². The molecule has 2 rings (SSSR count). The second-order valence-corrected chi connectivity index (χ2v) is 5.77. The lowest BCUT2D eigenvalue weighted by Crippen LogP contribution is -2.51. The van der Waals surface area contributed by atoms with Crippen molar-refractivity contribution in [1.29, 1.82) is 0 Å². The number of aliphatic carboxylic acids is 1. The molecule has 2 heterocycles. The quantitative estimate of drug-likeness (QED) is 0.858. The molecule has 1 unspecified atom stereocenters. The van der Waals surface area contributed by atoms with Gasteiger partial charge in [-0.05, 0) is 6.92 Å². The summed E-state index contributed by atoms with van der Waals surface area (Å²) in [5.74, 6) is 0.0275. The summed E-state index contributed by atoms with van der Waals surface area (Å²) in [4.78, 5) is 29.0. The van der Waals surface area contributed by atoms with E-state index in [1.54, 1.807) is 6.92 Å². The molecule has 1 fully saturated rings. The Balaban J connectivity index is 1.89. The van der Waals surface area contributed by atoms with Crippen LogP contribution in [-0.4, -0.2) is 57.3 Å². The Morgan fingerprint density at radius 3 is 2.73 bits per heavy atom. The lowest BCUT2D eigenvalue weighted by molar-refractivity contribution is -0.166. The van der Waals surface area contributed by atoms with Crippen molar-refractivity contribution in [2.75, 3.05) is 13.1 Å². The molecule has 8 heteroatoms. The standard InChI is InChI=1S/C14H21N3O5/c1-8(2)13-15-11(22-16-13)4-5-12(18)17-6-9(3)21-10(7-17)14(19)20/h8-10H,4-7H2,1-3H3,(H,19,20)/t9-,10?/m1/s1. The summed E-state index contributed by atoms with van der Waals surface area (Å²) in [6.07, 6.45) is -0.709. The number of carboxylic acid groups (broad SMARTS) is 1. The van der Waals surface area contributed by atoms with Crippen molar-refractivity contribution < 1.29 is 24.0 Å². The average Bonchev–Trinajstić information content (AvgIpc) is 2.93. The molecule has 22 heavy (non-hydrogen) atoms. The van der Waals surface area contributed by atoms with Crippen LogP contribution in [0.25, 0.3) is 0 Å². The molecule has 0 radical (unpaired) electrons. The van der Waals surface area contributed by atoms with Crippen molar-refractivity contribution in [3.05, 3.63) is 11.7 Å². The molecule has 0 aromatic carbocycles. The minimum atomic E-state index is -1.05. The zero-order chi connectivity index (χ0) is 16.3. The van der Waals surface area contributed by atoms with Gasteiger partial charge in [-0.2, -0.15) is 4.98 Å². The van der Waals surface area contributed by atoms with E-state index in [-0.39, 0.29) is 30.9 Å². The number of hydrogen-bond donors (Lipinski definition) is 1. The highest BCUT2D eigenvalue weighted by Crippen LogP contribution is 2.14. The van der Waals surface area contributed by atoms with Gasteiger partial charge in [0, 0.05) is 25.3 Å². The Hall–Kier alpha value is -1.96. The summed E-state index contributed by atoms with van der Waals surface area (Å²) in [6.45, 7) is 6.13. The fourth-order valence-corrected chi connectivity index (χ4v) is 2.27. The van der Waals surface area contributed by atoms with Crippen LogP contribution in [0.1, 0.15) is 44.8 Å². The highest BCUT2D eigenvalue weighted by Gasteiger charge is 2.32. The molecular formula is C14H21N3O5. The van der Waals surface area contributed by atoms with E-state index in [1.807, 2.05) is 13.8 Å². The zero-order valence-corrected chi connectivity index (χ0v) is 13.0. The molecule has 122 valence electrons. The Morgan fingerprint density at radius 1 is 1.41 bits per heavy atom. The van der Waals surface area contributed by atoms with E-state index in [0.29, 0.717) is 24.7 Å². The van der Waals surface area contributed by atoms with Crippen LogP contribution in [0, 0.1) is 0 Å². The first-order chi connectivity index (χ1) is 10.4. The van der Waals surface area contributed by atoms with E-state index in [4.69, 9.17) is 14.4 Å². The lowest BCUT2D eigenvalue weighted by Gasteiger charge is -2.34. The Labute approximate surface area is 128 Å². The number of rotatable bonds is 5. The van der Waals surface area contributed by atoms with Crippen molar-refractivity contribution in [3.8, 4) is 0 Å². The zero-order valence-electron chi connectivity index (χ0n) is 13.0. The van der Waals surface area contributed by atoms with Gasteiger partial charge in [0.2, 0.25) is 11.8 Å². The number of carbonyl (C=O) groups is 2. The van der Waals surface area contributed by atoms with Crippen molar-refractivity contribution in [3.63, 3.8) is 0 Å². The van der Waals surface area contributed by atoms with Gasteiger partial charge in [0.15, 0.2) is 11.9 Å². The first-order valence-corrected chi connectivity index (χ1v) is 7.35. The average molecular weight is 311 g/mol. The molecule has 1 aromatic rings. The van der Waals surface area contributed by atoms with Gasteiger partial charge in [-0.3, -0.25) is 4.79 Å². The van der Waals surface area contributed by atoms with E-state index < -0.39 is 12.1 Å². The van der Waals surface area contributed by atoms with Crippen LogP contribution in [0.3, 0.4) is 0 Å². The number of aryl methyl sites for hydroxylation is 1. The summed E-state index contributed by atoms with van der Waals surface area (Å²) in [6, 6.07) is 0. The van der Waals surface area contributed by atoms with Gasteiger partial charge in [0.1, 0.15) is 0 Å². The number of nitrogens with zero attached hydrogens (tertiary/aromatic N) is 3. The number of aromatic nitrogens is 2. The van der Waals surface area contributed by atoms with Crippen molar-refractivity contribution >= 4 is 11.9 Å². The van der Waals surface area contributed by atoms with Gasteiger partial charge in [0.05, 0.1) is 12.6 Å². The Morgan fingerprint density at radius 2 is 2.14 bits per heavy atom. The fraction of sp³-hybridized carbons (Fsp3) is 0.714. The molecule has 1 saturated heterocycles. The Kier molecular flexibility index (Phi) is 5.12. The lowest BCUT2D eigenvalue weighted by atomic mass is 10.2. The van der Waals surface area contributed by atoms with Gasteiger partial charge in [-0.15, -0.1) is 0 Å². The van der Waals surface area contributed by atoms with Gasteiger partial charge in [-0.25, -0.2) is 4.79 Å². The largest absolute Gasteiger partial charge is 0.479 e. The van der Waals surface area contributed by atoms with Gasteiger partial charge < -0.3 is 19.3 Å². The summed E-state index contributed by atoms with van der Waals surface area (Å²) in [5.41, 5.74) is 0. The minimum absolute atomic E-state index is 0.0690. The Bertz CT molecular complexity index is 542. The molecule has 1 N–H and O–H groups in total. The van der Waals surface area contributed by atoms with Crippen LogP contribution in [0.15, 0.2) is 4.52 Å². The topological polar surface area (TPSA) is 106 Å². The summed E-state index contributed by atoms with van der Waals surface area (Å²) in [7, 11) is 0. The molecule has 0 spiro atoms. The number of amides is 1. The fourth-order valence-electron chi connectivity index (χ4n) is 2.27. The second-order valence-electron chi connectivity index (χ2n) is 5.77. The molecule has 0 saturated carbocycles. The summed E-state index contributed by atoms with van der Waals surface area (Å²) >= 11 is 0. The monoisotopic (exact) mass is 311 g/mol. The van der Waals surface area contributed by atoms with Crippen molar-refractivity contribution in [2.45, 2.75) is 51.7 Å². The molecule has 2 atom stereocenters. The predicted octanol–water partition coefficient (Wildman–Crippen LogP) is 0.826. The maximum absolute atomic E-state index is 12.2. The normalized spacial score (nSPS) is 22.1. The van der Waals surface area contributed by atoms with Crippen LogP contribution >= 0.6 is 0 Å². The summed E-state index contributed by atoms with van der Waals surface area (Å²) in [5, 5.41) is 12.9. The highest BCUT2D eigenvalue weighted by atomic mass is 16.5. The van der Waals surface area contributed by atoms with E-state index >= 15 is 0 Å². The third kappa shape index (κ3) is 4.03. The number of carboxylic acids is 1. The smallest absolute Gasteiger partial charge is 0.334 e. The van der Waals surface area contributed by atoms with Crippen LogP contribution in [0.5, 0.6) is 0 Å². The molecule has 8 nitrogen and oxygen atoms in total. The summed E-state index contributed by atoms with van der Waals surface area (Å²) < 4.78 is 10.4. The highest BCUT2D eigenvalue weighted by molar-refractivity contribution is 5.78.